The molecule has 32 heavy (non-hydrogen) atoms. The number of carbonyl (C=O) groups excluding carboxylic acids is 3. The first-order chi connectivity index (χ1) is 15.5. The Balaban J connectivity index is 1.62. The normalized spacial score (nSPS) is 11.0. The maximum Gasteiger partial charge on any atom is 0.331 e. The molecule has 3 N–H and O–H groups in total. The van der Waals surface area contributed by atoms with Crippen molar-refractivity contribution in [3.8, 4) is 17.1 Å². The van der Waals surface area contributed by atoms with Gasteiger partial charge in [-0.3, -0.25) is 10.1 Å². The minimum atomic E-state index is -1.02. The maximum absolute atomic E-state index is 12.0. The molecule has 0 atom stereocenters. The number of nitrogens with one attached hydrogen (secondary N) is 1. The first kappa shape index (κ1) is 20.6. The number of ether oxygens (including phenoxy) is 1. The number of esters is 1. The Morgan fingerprint density at radius 1 is 1.09 bits per heavy atom. The molecule has 4 rings (SSSR count). The Hall–Kier alpha value is -4.66. The van der Waals surface area contributed by atoms with Crippen molar-refractivity contribution < 1.29 is 23.5 Å². The number of primary amides is 1. The monoisotopic (exact) mass is 430 g/mol. The number of carbonyl (C=O) groups is 3. The standard InChI is InChI=1S/C23H18N4O5/c24-23(30)25-20(28)14-31-21(29)11-10-16-13-27(17-7-2-1-3-8-17)26-22(16)19-12-15-6-4-5-9-18(15)32-19/h1-13H,14H2,(H3,24,25,28,30). The minimum absolute atomic E-state index is 0.528. The van der Waals surface area contributed by atoms with Crippen LogP contribution in [-0.4, -0.2) is 34.3 Å². The van der Waals surface area contributed by atoms with Gasteiger partial charge in [-0.15, -0.1) is 0 Å². The SMILES string of the molecule is NC(=O)NC(=O)COC(=O)C=Cc1cn(-c2ccccc2)nc1-c1cc2ccccc2o1. The highest BCUT2D eigenvalue weighted by atomic mass is 16.5. The maximum atomic E-state index is 12.0. The van der Waals surface area contributed by atoms with Crippen molar-refractivity contribution in [3.63, 3.8) is 0 Å². The fourth-order valence-electron chi connectivity index (χ4n) is 3.03. The zero-order valence-electron chi connectivity index (χ0n) is 16.7. The Bertz CT molecular complexity index is 1290. The van der Waals surface area contributed by atoms with Crippen LogP contribution in [0.4, 0.5) is 4.79 Å². The summed E-state index contributed by atoms with van der Waals surface area (Å²) in [5.74, 6) is -1.05. The lowest BCUT2D eigenvalue weighted by molar-refractivity contribution is -0.143. The molecule has 2 aromatic carbocycles. The second-order valence-electron chi connectivity index (χ2n) is 6.72. The van der Waals surface area contributed by atoms with E-state index >= 15 is 0 Å². The summed E-state index contributed by atoms with van der Waals surface area (Å²) in [5.41, 5.74) is 7.52. The molecular formula is C23H18N4O5. The van der Waals surface area contributed by atoms with Crippen LogP contribution in [0.15, 0.2) is 77.4 Å². The molecule has 0 fully saturated rings. The largest absolute Gasteiger partial charge is 0.454 e. The molecule has 2 heterocycles. The zero-order valence-corrected chi connectivity index (χ0v) is 16.7. The van der Waals surface area contributed by atoms with Gasteiger partial charge in [0.1, 0.15) is 11.3 Å². The molecule has 0 saturated heterocycles. The number of imide groups is 1. The number of para-hydroxylation sites is 2. The van der Waals surface area contributed by atoms with Gasteiger partial charge in [0, 0.05) is 23.2 Å². The Labute approximate surface area is 182 Å². The average Bonchev–Trinajstić information content (AvgIpc) is 3.40. The van der Waals surface area contributed by atoms with E-state index in [4.69, 9.17) is 14.9 Å². The molecule has 160 valence electrons. The van der Waals surface area contributed by atoms with Gasteiger partial charge >= 0.3 is 12.0 Å². The van der Waals surface area contributed by atoms with Crippen molar-refractivity contribution in [2.75, 3.05) is 6.61 Å². The third-order valence-corrected chi connectivity index (χ3v) is 4.43. The summed E-state index contributed by atoms with van der Waals surface area (Å²) >= 11 is 0. The molecule has 0 bridgehead atoms. The van der Waals surface area contributed by atoms with Crippen LogP contribution in [0.2, 0.25) is 0 Å². The van der Waals surface area contributed by atoms with Crippen molar-refractivity contribution in [1.29, 1.82) is 0 Å². The second kappa shape index (κ2) is 9.00. The van der Waals surface area contributed by atoms with Gasteiger partial charge in [0.15, 0.2) is 12.4 Å². The van der Waals surface area contributed by atoms with Crippen molar-refractivity contribution in [1.82, 2.24) is 15.1 Å². The first-order valence-electron chi connectivity index (χ1n) is 9.58. The first-order valence-corrected chi connectivity index (χ1v) is 9.58. The number of hydrogen-bond donors (Lipinski definition) is 2. The van der Waals surface area contributed by atoms with Crippen molar-refractivity contribution in [2.45, 2.75) is 0 Å². The van der Waals surface area contributed by atoms with Crippen LogP contribution in [-0.2, 0) is 14.3 Å². The van der Waals surface area contributed by atoms with E-state index in [9.17, 15) is 14.4 Å². The molecule has 0 aliphatic rings. The van der Waals surface area contributed by atoms with Crippen molar-refractivity contribution in [3.05, 3.63) is 78.5 Å². The lowest BCUT2D eigenvalue weighted by atomic mass is 10.2. The molecule has 9 heteroatoms. The van der Waals surface area contributed by atoms with Gasteiger partial charge in [0.25, 0.3) is 5.91 Å². The molecule has 0 unspecified atom stereocenters. The zero-order chi connectivity index (χ0) is 22.5. The molecule has 0 saturated carbocycles. The highest BCUT2D eigenvalue weighted by Crippen LogP contribution is 2.30. The van der Waals surface area contributed by atoms with E-state index in [-0.39, 0.29) is 0 Å². The molecule has 4 aromatic rings. The summed E-state index contributed by atoms with van der Waals surface area (Å²) in [4.78, 5) is 34.0. The van der Waals surface area contributed by atoms with Gasteiger partial charge in [-0.1, -0.05) is 36.4 Å². The minimum Gasteiger partial charge on any atom is -0.454 e. The van der Waals surface area contributed by atoms with Gasteiger partial charge in [0.2, 0.25) is 0 Å². The van der Waals surface area contributed by atoms with Crippen LogP contribution >= 0.6 is 0 Å². The number of nitrogens with two attached hydrogens (primary N) is 1. The number of fused-ring (bicyclic) bond motifs is 1. The summed E-state index contributed by atoms with van der Waals surface area (Å²) in [7, 11) is 0. The number of aromatic nitrogens is 2. The van der Waals surface area contributed by atoms with E-state index in [1.165, 1.54) is 6.08 Å². The third-order valence-electron chi connectivity index (χ3n) is 4.43. The number of urea groups is 1. The van der Waals surface area contributed by atoms with Crippen LogP contribution in [0.3, 0.4) is 0 Å². The van der Waals surface area contributed by atoms with Crippen molar-refractivity contribution >= 4 is 35.0 Å². The van der Waals surface area contributed by atoms with E-state index in [1.807, 2.05) is 66.0 Å². The number of amides is 3. The lowest BCUT2D eigenvalue weighted by Crippen LogP contribution is -2.37. The predicted octanol–water partition coefficient (Wildman–Crippen LogP) is 3.04. The summed E-state index contributed by atoms with van der Waals surface area (Å²) in [6.45, 7) is -0.633. The predicted molar refractivity (Wildman–Crippen MR) is 116 cm³/mol. The fourth-order valence-corrected chi connectivity index (χ4v) is 3.03. The van der Waals surface area contributed by atoms with Gasteiger partial charge in [-0.2, -0.15) is 5.10 Å². The number of benzene rings is 2. The Morgan fingerprint density at radius 3 is 2.59 bits per heavy atom. The van der Waals surface area contributed by atoms with Crippen LogP contribution in [0.1, 0.15) is 5.56 Å². The van der Waals surface area contributed by atoms with E-state index in [0.29, 0.717) is 22.6 Å². The summed E-state index contributed by atoms with van der Waals surface area (Å²) < 4.78 is 12.4. The fraction of sp³-hybridized carbons (Fsp3) is 0.0435. The van der Waals surface area contributed by atoms with E-state index in [0.717, 1.165) is 17.1 Å². The summed E-state index contributed by atoms with van der Waals surface area (Å²) in [5, 5.41) is 7.37. The highest BCUT2D eigenvalue weighted by molar-refractivity contribution is 5.96. The topological polar surface area (TPSA) is 129 Å². The van der Waals surface area contributed by atoms with Crippen LogP contribution < -0.4 is 11.1 Å². The molecule has 0 aliphatic carbocycles. The van der Waals surface area contributed by atoms with Crippen LogP contribution in [0, 0.1) is 0 Å². The molecule has 9 nitrogen and oxygen atoms in total. The molecule has 0 spiro atoms. The van der Waals surface area contributed by atoms with Crippen LogP contribution in [0.25, 0.3) is 34.2 Å². The Morgan fingerprint density at radius 2 is 1.84 bits per heavy atom. The Kier molecular flexibility index (Phi) is 5.80. The van der Waals surface area contributed by atoms with E-state index in [2.05, 4.69) is 5.10 Å². The quantitative estimate of drug-likeness (QED) is 0.357. The van der Waals surface area contributed by atoms with Crippen molar-refractivity contribution in [2.24, 2.45) is 5.73 Å². The molecule has 0 radical (unpaired) electrons. The lowest BCUT2D eigenvalue weighted by Gasteiger charge is -2.01. The third kappa shape index (κ3) is 4.73. The van der Waals surface area contributed by atoms with Gasteiger partial charge in [-0.05, 0) is 30.3 Å². The van der Waals surface area contributed by atoms with Gasteiger partial charge in [0.05, 0.1) is 5.69 Å². The van der Waals surface area contributed by atoms with Gasteiger partial charge < -0.3 is 14.9 Å². The molecule has 0 aliphatic heterocycles. The summed E-state index contributed by atoms with van der Waals surface area (Å²) in [6.07, 6.45) is 4.43. The van der Waals surface area contributed by atoms with Gasteiger partial charge in [-0.25, -0.2) is 14.3 Å². The number of rotatable bonds is 6. The second-order valence-corrected chi connectivity index (χ2v) is 6.72. The van der Waals surface area contributed by atoms with Crippen LogP contribution in [0.5, 0.6) is 0 Å². The van der Waals surface area contributed by atoms with E-state index < -0.39 is 24.5 Å². The molecule has 3 amide bonds. The molecular weight excluding hydrogens is 412 g/mol. The number of hydrogen-bond acceptors (Lipinski definition) is 6. The smallest absolute Gasteiger partial charge is 0.331 e. The average molecular weight is 430 g/mol. The number of furan rings is 1. The van der Waals surface area contributed by atoms with E-state index in [1.54, 1.807) is 10.9 Å². The highest BCUT2D eigenvalue weighted by Gasteiger charge is 2.15. The summed E-state index contributed by atoms with van der Waals surface area (Å²) in [6, 6.07) is 17.9. The molecule has 2 aromatic heterocycles. The number of nitrogens with zero attached hydrogens (tertiary/aromatic N) is 2.